The Hall–Kier alpha value is -4.39. The Balaban J connectivity index is 1.42. The monoisotopic (exact) mass is 466 g/mol. The number of carbonyl (C=O) groups is 2. The van der Waals surface area contributed by atoms with Gasteiger partial charge in [-0.05, 0) is 36.4 Å². The first-order chi connectivity index (χ1) is 17.2. The van der Waals surface area contributed by atoms with E-state index in [0.29, 0.717) is 48.7 Å². The van der Waals surface area contributed by atoms with E-state index in [9.17, 15) is 9.59 Å². The second-order valence-corrected chi connectivity index (χ2v) is 8.32. The molecular weight excluding hydrogens is 440 g/mol. The highest BCUT2D eigenvalue weighted by Crippen LogP contribution is 2.32. The molecule has 2 heterocycles. The number of para-hydroxylation sites is 2. The van der Waals surface area contributed by atoms with Crippen LogP contribution in [0.25, 0.3) is 16.9 Å². The number of carbonyl (C=O) groups excluding carboxylic acids is 2. The second kappa shape index (κ2) is 9.85. The third-order valence-electron chi connectivity index (χ3n) is 6.20. The third kappa shape index (κ3) is 4.53. The minimum Gasteiger partial charge on any atom is -0.496 e. The van der Waals surface area contributed by atoms with Crippen LogP contribution in [0.3, 0.4) is 0 Å². The Bertz CT molecular complexity index is 1330. The number of amides is 2. The number of hydrogen-bond acceptors (Lipinski definition) is 4. The molecule has 7 heteroatoms. The molecule has 0 bridgehead atoms. The standard InChI is InChI=1S/C28H26N4O3/c1-35-25-15-9-8-14-23(25)26-24(20-32(29-26)22-12-6-3-7-13-22)28(34)31-18-16-30(17-19-31)27(33)21-10-4-2-5-11-21/h2-15,20H,16-19H2,1H3. The normalized spacial score (nSPS) is 13.5. The van der Waals surface area contributed by atoms with Gasteiger partial charge in [-0.1, -0.05) is 48.5 Å². The molecule has 0 aliphatic carbocycles. The van der Waals surface area contributed by atoms with Crippen LogP contribution < -0.4 is 4.74 Å². The number of benzene rings is 3. The van der Waals surface area contributed by atoms with E-state index in [1.165, 1.54) is 0 Å². The van der Waals surface area contributed by atoms with Gasteiger partial charge in [-0.2, -0.15) is 5.10 Å². The lowest BCUT2D eigenvalue weighted by molar-refractivity contribution is 0.0536. The van der Waals surface area contributed by atoms with Crippen molar-refractivity contribution >= 4 is 11.8 Å². The Morgan fingerprint density at radius 2 is 1.31 bits per heavy atom. The van der Waals surface area contributed by atoms with Crippen LogP contribution in [0.2, 0.25) is 0 Å². The lowest BCUT2D eigenvalue weighted by Crippen LogP contribution is -2.50. The van der Waals surface area contributed by atoms with Crippen molar-refractivity contribution in [1.29, 1.82) is 0 Å². The molecule has 0 unspecified atom stereocenters. The van der Waals surface area contributed by atoms with E-state index in [-0.39, 0.29) is 11.8 Å². The minimum atomic E-state index is -0.111. The van der Waals surface area contributed by atoms with Crippen LogP contribution in [0.15, 0.2) is 91.1 Å². The summed E-state index contributed by atoms with van der Waals surface area (Å²) < 4.78 is 7.29. The summed E-state index contributed by atoms with van der Waals surface area (Å²) in [6.45, 7) is 1.88. The van der Waals surface area contributed by atoms with E-state index in [4.69, 9.17) is 9.84 Å². The molecular formula is C28H26N4O3. The lowest BCUT2D eigenvalue weighted by atomic mass is 10.1. The van der Waals surface area contributed by atoms with Crippen molar-refractivity contribution in [2.45, 2.75) is 0 Å². The van der Waals surface area contributed by atoms with Gasteiger partial charge in [0, 0.05) is 43.5 Å². The number of hydrogen-bond donors (Lipinski definition) is 0. The average Bonchev–Trinajstić information content (AvgIpc) is 3.38. The number of aromatic nitrogens is 2. The summed E-state index contributed by atoms with van der Waals surface area (Å²) in [5, 5.41) is 4.78. The molecule has 0 saturated carbocycles. The van der Waals surface area contributed by atoms with Gasteiger partial charge >= 0.3 is 0 Å². The Morgan fingerprint density at radius 3 is 1.97 bits per heavy atom. The van der Waals surface area contributed by atoms with Crippen molar-refractivity contribution in [3.05, 3.63) is 102 Å². The van der Waals surface area contributed by atoms with Crippen LogP contribution in [-0.4, -0.2) is 64.7 Å². The first-order valence-corrected chi connectivity index (χ1v) is 11.6. The van der Waals surface area contributed by atoms with Gasteiger partial charge in [0.2, 0.25) is 0 Å². The maximum Gasteiger partial charge on any atom is 0.257 e. The molecule has 4 aromatic rings. The van der Waals surface area contributed by atoms with Crippen molar-refractivity contribution in [2.24, 2.45) is 0 Å². The van der Waals surface area contributed by atoms with Gasteiger partial charge in [-0.3, -0.25) is 9.59 Å². The number of nitrogens with zero attached hydrogens (tertiary/aromatic N) is 4. The molecule has 0 N–H and O–H groups in total. The molecule has 1 aliphatic heterocycles. The summed E-state index contributed by atoms with van der Waals surface area (Å²) in [6, 6.07) is 26.5. The van der Waals surface area contributed by atoms with E-state index in [0.717, 1.165) is 11.3 Å². The number of rotatable bonds is 5. The molecule has 35 heavy (non-hydrogen) atoms. The Kier molecular flexibility index (Phi) is 6.30. The average molecular weight is 467 g/mol. The highest BCUT2D eigenvalue weighted by atomic mass is 16.5. The molecule has 1 aromatic heterocycles. The SMILES string of the molecule is COc1ccccc1-c1nn(-c2ccccc2)cc1C(=O)N1CCN(C(=O)c2ccccc2)CC1. The Labute approximate surface area is 204 Å². The van der Waals surface area contributed by atoms with Crippen LogP contribution >= 0.6 is 0 Å². The Morgan fingerprint density at radius 1 is 0.743 bits per heavy atom. The quantitative estimate of drug-likeness (QED) is 0.443. The van der Waals surface area contributed by atoms with Crippen molar-refractivity contribution in [3.8, 4) is 22.7 Å². The first kappa shape index (κ1) is 22.4. The topological polar surface area (TPSA) is 67.7 Å². The number of piperazine rings is 1. The molecule has 1 fully saturated rings. The molecule has 2 amide bonds. The number of methoxy groups -OCH3 is 1. The molecule has 0 spiro atoms. The van der Waals surface area contributed by atoms with Crippen LogP contribution in [0, 0.1) is 0 Å². The smallest absolute Gasteiger partial charge is 0.257 e. The molecule has 176 valence electrons. The summed E-state index contributed by atoms with van der Waals surface area (Å²) in [6.07, 6.45) is 1.78. The molecule has 7 nitrogen and oxygen atoms in total. The minimum absolute atomic E-state index is 0.00990. The zero-order chi connectivity index (χ0) is 24.2. The fraction of sp³-hybridized carbons (Fsp3) is 0.179. The predicted molar refractivity (Wildman–Crippen MR) is 134 cm³/mol. The molecule has 1 saturated heterocycles. The zero-order valence-electron chi connectivity index (χ0n) is 19.5. The molecule has 3 aromatic carbocycles. The second-order valence-electron chi connectivity index (χ2n) is 8.32. The molecule has 1 aliphatic rings. The maximum absolute atomic E-state index is 13.7. The molecule has 0 radical (unpaired) electrons. The zero-order valence-corrected chi connectivity index (χ0v) is 19.5. The van der Waals surface area contributed by atoms with Crippen molar-refractivity contribution < 1.29 is 14.3 Å². The first-order valence-electron chi connectivity index (χ1n) is 11.6. The third-order valence-corrected chi connectivity index (χ3v) is 6.20. The van der Waals surface area contributed by atoms with Crippen LogP contribution in [0.4, 0.5) is 0 Å². The largest absolute Gasteiger partial charge is 0.496 e. The van der Waals surface area contributed by atoms with Crippen molar-refractivity contribution in [3.63, 3.8) is 0 Å². The summed E-state index contributed by atoms with van der Waals surface area (Å²) in [5.74, 6) is 0.530. The van der Waals surface area contributed by atoms with E-state index in [1.54, 1.807) is 27.8 Å². The van der Waals surface area contributed by atoms with Crippen LogP contribution in [-0.2, 0) is 0 Å². The van der Waals surface area contributed by atoms with Crippen molar-refractivity contribution in [2.75, 3.05) is 33.3 Å². The van der Waals surface area contributed by atoms with Gasteiger partial charge in [0.1, 0.15) is 11.4 Å². The summed E-state index contributed by atoms with van der Waals surface area (Å²) >= 11 is 0. The van der Waals surface area contributed by atoms with Crippen molar-refractivity contribution in [1.82, 2.24) is 19.6 Å². The highest BCUT2D eigenvalue weighted by Gasteiger charge is 2.29. The lowest BCUT2D eigenvalue weighted by Gasteiger charge is -2.34. The van der Waals surface area contributed by atoms with Gasteiger partial charge in [0.25, 0.3) is 11.8 Å². The number of ether oxygens (including phenoxy) is 1. The van der Waals surface area contributed by atoms with E-state index in [2.05, 4.69) is 0 Å². The molecule has 0 atom stereocenters. The van der Waals surface area contributed by atoms with E-state index < -0.39 is 0 Å². The fourth-order valence-corrected chi connectivity index (χ4v) is 4.33. The fourth-order valence-electron chi connectivity index (χ4n) is 4.33. The maximum atomic E-state index is 13.7. The summed E-state index contributed by atoms with van der Waals surface area (Å²) in [7, 11) is 1.61. The summed E-state index contributed by atoms with van der Waals surface area (Å²) in [5.41, 5.74) is 3.35. The van der Waals surface area contributed by atoms with Gasteiger partial charge in [0.15, 0.2) is 0 Å². The van der Waals surface area contributed by atoms with Gasteiger partial charge in [-0.25, -0.2) is 4.68 Å². The van der Waals surface area contributed by atoms with E-state index >= 15 is 0 Å². The van der Waals surface area contributed by atoms with Crippen LogP contribution in [0.5, 0.6) is 5.75 Å². The van der Waals surface area contributed by atoms with E-state index in [1.807, 2.05) is 84.9 Å². The predicted octanol–water partition coefficient (Wildman–Crippen LogP) is 4.15. The van der Waals surface area contributed by atoms with Gasteiger partial charge in [0.05, 0.1) is 18.4 Å². The van der Waals surface area contributed by atoms with Gasteiger partial charge in [-0.15, -0.1) is 0 Å². The van der Waals surface area contributed by atoms with Gasteiger partial charge < -0.3 is 14.5 Å². The summed E-state index contributed by atoms with van der Waals surface area (Å²) in [4.78, 5) is 30.1. The highest BCUT2D eigenvalue weighted by molar-refractivity contribution is 6.01. The molecule has 5 rings (SSSR count). The van der Waals surface area contributed by atoms with Crippen LogP contribution in [0.1, 0.15) is 20.7 Å².